The van der Waals surface area contributed by atoms with Gasteiger partial charge < -0.3 is 10.1 Å². The highest BCUT2D eigenvalue weighted by Gasteiger charge is 2.45. The van der Waals surface area contributed by atoms with Crippen molar-refractivity contribution >= 4 is 0 Å². The van der Waals surface area contributed by atoms with Crippen LogP contribution in [-0.4, -0.2) is 18.2 Å². The smallest absolute Gasteiger partial charge is 0.126 e. The van der Waals surface area contributed by atoms with Crippen molar-refractivity contribution in [2.45, 2.75) is 59.1 Å². The van der Waals surface area contributed by atoms with Crippen LogP contribution in [0.2, 0.25) is 0 Å². The average Bonchev–Trinajstić information content (AvgIpc) is 3.08. The fourth-order valence-corrected chi connectivity index (χ4v) is 2.14. The third-order valence-electron chi connectivity index (χ3n) is 3.83. The molecule has 1 fully saturated rings. The Hall–Kier alpha value is -1.02. The Morgan fingerprint density at radius 2 is 1.78 bits per heavy atom. The molecular formula is C16H25NO. The van der Waals surface area contributed by atoms with E-state index in [0.29, 0.717) is 6.04 Å². The van der Waals surface area contributed by atoms with E-state index in [2.05, 4.69) is 52.1 Å². The van der Waals surface area contributed by atoms with Crippen LogP contribution >= 0.6 is 0 Å². The molecule has 1 aromatic rings. The number of hydrogen-bond donors (Lipinski definition) is 1. The molecule has 18 heavy (non-hydrogen) atoms. The molecule has 0 unspecified atom stereocenters. The number of rotatable bonds is 5. The lowest BCUT2D eigenvalue weighted by atomic mass is 10.1. The van der Waals surface area contributed by atoms with Crippen molar-refractivity contribution in [1.82, 2.24) is 5.32 Å². The molecule has 1 saturated carbocycles. The van der Waals surface area contributed by atoms with Gasteiger partial charge in [-0.1, -0.05) is 26.0 Å². The molecule has 0 saturated heterocycles. The molecule has 2 nitrogen and oxygen atoms in total. The minimum absolute atomic E-state index is 0.0492. The van der Waals surface area contributed by atoms with E-state index in [9.17, 15) is 0 Å². The van der Waals surface area contributed by atoms with Crippen LogP contribution in [0.4, 0.5) is 0 Å². The summed E-state index contributed by atoms with van der Waals surface area (Å²) in [4.78, 5) is 0. The summed E-state index contributed by atoms with van der Waals surface area (Å²) in [6.45, 7) is 11.8. The molecule has 0 spiro atoms. The quantitative estimate of drug-likeness (QED) is 0.859. The maximum atomic E-state index is 6.34. The highest BCUT2D eigenvalue weighted by Crippen LogP contribution is 2.42. The van der Waals surface area contributed by atoms with Crippen LogP contribution in [0.15, 0.2) is 12.1 Å². The number of ether oxygens (including phenoxy) is 1. The van der Waals surface area contributed by atoms with Gasteiger partial charge in [0.15, 0.2) is 0 Å². The number of aryl methyl sites for hydroxylation is 2. The van der Waals surface area contributed by atoms with Gasteiger partial charge in [0.2, 0.25) is 0 Å². The van der Waals surface area contributed by atoms with Crippen molar-refractivity contribution in [3.05, 3.63) is 28.8 Å². The first-order valence-corrected chi connectivity index (χ1v) is 6.93. The van der Waals surface area contributed by atoms with Crippen LogP contribution in [0.25, 0.3) is 0 Å². The molecule has 0 heterocycles. The summed E-state index contributed by atoms with van der Waals surface area (Å²) in [5, 5.41) is 3.50. The van der Waals surface area contributed by atoms with E-state index < -0.39 is 0 Å². The fourth-order valence-electron chi connectivity index (χ4n) is 2.14. The second kappa shape index (κ2) is 4.93. The van der Waals surface area contributed by atoms with Crippen molar-refractivity contribution < 1.29 is 4.74 Å². The van der Waals surface area contributed by atoms with Gasteiger partial charge in [-0.25, -0.2) is 0 Å². The normalized spacial score (nSPS) is 17.0. The Balaban J connectivity index is 2.12. The summed E-state index contributed by atoms with van der Waals surface area (Å²) < 4.78 is 6.34. The van der Waals surface area contributed by atoms with Crippen LogP contribution < -0.4 is 10.1 Å². The molecule has 0 atom stereocenters. The monoisotopic (exact) mass is 247 g/mol. The van der Waals surface area contributed by atoms with Gasteiger partial charge in [0.05, 0.1) is 0 Å². The molecule has 0 radical (unpaired) electrons. The predicted molar refractivity (Wildman–Crippen MR) is 76.4 cm³/mol. The lowest BCUT2D eigenvalue weighted by molar-refractivity contribution is 0.170. The van der Waals surface area contributed by atoms with Gasteiger partial charge in [-0.15, -0.1) is 0 Å². The van der Waals surface area contributed by atoms with Crippen molar-refractivity contribution in [3.63, 3.8) is 0 Å². The second-order valence-electron chi connectivity index (χ2n) is 5.97. The van der Waals surface area contributed by atoms with Gasteiger partial charge in [0, 0.05) is 12.6 Å². The summed E-state index contributed by atoms with van der Waals surface area (Å²) in [6, 6.07) is 4.85. The van der Waals surface area contributed by atoms with Crippen molar-refractivity contribution in [2.24, 2.45) is 0 Å². The Labute approximate surface area is 111 Å². The van der Waals surface area contributed by atoms with E-state index >= 15 is 0 Å². The third kappa shape index (κ3) is 2.86. The van der Waals surface area contributed by atoms with Gasteiger partial charge >= 0.3 is 0 Å². The van der Waals surface area contributed by atoms with Gasteiger partial charge in [-0.05, 0) is 50.3 Å². The van der Waals surface area contributed by atoms with Crippen LogP contribution in [-0.2, 0) is 0 Å². The Morgan fingerprint density at radius 1 is 1.17 bits per heavy atom. The SMILES string of the molecule is Cc1ccc(C)c(OC2(CNC(C)C)CC2)c1C. The second-order valence-corrected chi connectivity index (χ2v) is 5.97. The van der Waals surface area contributed by atoms with E-state index in [1.165, 1.54) is 29.5 Å². The first-order chi connectivity index (χ1) is 8.43. The summed E-state index contributed by atoms with van der Waals surface area (Å²) in [6.07, 6.45) is 2.33. The van der Waals surface area contributed by atoms with Gasteiger partial charge in [-0.3, -0.25) is 0 Å². The zero-order valence-corrected chi connectivity index (χ0v) is 12.3. The molecule has 0 aliphatic heterocycles. The highest BCUT2D eigenvalue weighted by atomic mass is 16.5. The molecule has 2 heteroatoms. The summed E-state index contributed by atoms with van der Waals surface area (Å²) in [5.41, 5.74) is 3.89. The topological polar surface area (TPSA) is 21.3 Å². The molecule has 0 bridgehead atoms. The first-order valence-electron chi connectivity index (χ1n) is 6.93. The zero-order chi connectivity index (χ0) is 13.3. The van der Waals surface area contributed by atoms with Crippen LogP contribution in [0, 0.1) is 20.8 Å². The van der Waals surface area contributed by atoms with E-state index in [1.807, 2.05) is 0 Å². The molecule has 1 aromatic carbocycles. The predicted octanol–water partition coefficient (Wildman–Crippen LogP) is 3.52. The number of benzene rings is 1. The molecule has 0 amide bonds. The zero-order valence-electron chi connectivity index (χ0n) is 12.3. The Kier molecular flexibility index (Phi) is 3.67. The van der Waals surface area contributed by atoms with Crippen molar-refractivity contribution in [1.29, 1.82) is 0 Å². The lowest BCUT2D eigenvalue weighted by Crippen LogP contribution is -2.37. The molecule has 0 aromatic heterocycles. The minimum Gasteiger partial charge on any atom is -0.485 e. The molecule has 1 aliphatic rings. The average molecular weight is 247 g/mol. The molecular weight excluding hydrogens is 222 g/mol. The highest BCUT2D eigenvalue weighted by molar-refractivity contribution is 5.45. The van der Waals surface area contributed by atoms with Gasteiger partial charge in [-0.2, -0.15) is 0 Å². The molecule has 1 N–H and O–H groups in total. The number of hydrogen-bond acceptors (Lipinski definition) is 2. The number of nitrogens with one attached hydrogen (secondary N) is 1. The van der Waals surface area contributed by atoms with E-state index in [-0.39, 0.29) is 5.60 Å². The largest absolute Gasteiger partial charge is 0.485 e. The van der Waals surface area contributed by atoms with Crippen LogP contribution in [0.1, 0.15) is 43.4 Å². The Bertz CT molecular complexity index is 433. The van der Waals surface area contributed by atoms with Gasteiger partial charge in [0.25, 0.3) is 0 Å². The van der Waals surface area contributed by atoms with E-state index in [4.69, 9.17) is 4.74 Å². The van der Waals surface area contributed by atoms with E-state index in [1.54, 1.807) is 0 Å². The van der Waals surface area contributed by atoms with E-state index in [0.717, 1.165) is 12.3 Å². The Morgan fingerprint density at radius 3 is 2.33 bits per heavy atom. The molecule has 2 rings (SSSR count). The van der Waals surface area contributed by atoms with Crippen LogP contribution in [0.5, 0.6) is 5.75 Å². The third-order valence-corrected chi connectivity index (χ3v) is 3.83. The van der Waals surface area contributed by atoms with Crippen LogP contribution in [0.3, 0.4) is 0 Å². The summed E-state index contributed by atoms with van der Waals surface area (Å²) in [5.74, 6) is 1.10. The molecule has 1 aliphatic carbocycles. The lowest BCUT2D eigenvalue weighted by Gasteiger charge is -2.23. The standard InChI is InChI=1S/C16H25NO/c1-11(2)17-10-16(8-9-16)18-15-13(4)7-6-12(3)14(15)5/h6-7,11,17H,8-10H2,1-5H3. The minimum atomic E-state index is 0.0492. The fraction of sp³-hybridized carbons (Fsp3) is 0.625. The first kappa shape index (κ1) is 13.4. The van der Waals surface area contributed by atoms with Crippen molar-refractivity contribution in [3.8, 4) is 5.75 Å². The maximum absolute atomic E-state index is 6.34. The molecule has 100 valence electrons. The summed E-state index contributed by atoms with van der Waals surface area (Å²) >= 11 is 0. The van der Waals surface area contributed by atoms with Gasteiger partial charge in [0.1, 0.15) is 11.4 Å². The maximum Gasteiger partial charge on any atom is 0.126 e. The van der Waals surface area contributed by atoms with Crippen molar-refractivity contribution in [2.75, 3.05) is 6.54 Å². The summed E-state index contributed by atoms with van der Waals surface area (Å²) in [7, 11) is 0.